The molecular weight excluding hydrogens is 122 g/mol. The minimum absolute atomic E-state index is 0.104. The summed E-state index contributed by atoms with van der Waals surface area (Å²) in [6, 6.07) is 0. The van der Waals surface area contributed by atoms with E-state index < -0.39 is 5.92 Å². The van der Waals surface area contributed by atoms with E-state index in [0.717, 1.165) is 6.42 Å². The van der Waals surface area contributed by atoms with Crippen molar-refractivity contribution in [3.63, 3.8) is 0 Å². The molecule has 0 heterocycles. The molecule has 1 atom stereocenters. The third kappa shape index (κ3) is 1.92. The third-order valence-electron chi connectivity index (χ3n) is 1.89. The highest BCUT2D eigenvalue weighted by Crippen LogP contribution is 2.35. The second-order valence-corrected chi connectivity index (χ2v) is 3.06. The lowest BCUT2D eigenvalue weighted by atomic mass is 9.88. The monoisotopic (exact) mass is 134 g/mol. The smallest absolute Gasteiger partial charge is 0.207 e. The molecule has 0 bridgehead atoms. The van der Waals surface area contributed by atoms with Crippen LogP contribution >= 0.6 is 0 Å². The molecule has 1 saturated carbocycles. The molecule has 0 aromatic rings. The van der Waals surface area contributed by atoms with E-state index in [1.54, 1.807) is 0 Å². The average Bonchev–Trinajstić information content (AvgIpc) is 1.60. The molecule has 2 heteroatoms. The maximum atomic E-state index is 12.5. The number of rotatable bonds is 0. The number of hydrogen-bond donors (Lipinski definition) is 0. The highest BCUT2D eigenvalue weighted by molar-refractivity contribution is 4.75. The van der Waals surface area contributed by atoms with Crippen molar-refractivity contribution in [3.8, 4) is 0 Å². The molecule has 1 fully saturated rings. The summed E-state index contributed by atoms with van der Waals surface area (Å²) in [4.78, 5) is 0. The summed E-state index contributed by atoms with van der Waals surface area (Å²) < 4.78 is 24.9. The Morgan fingerprint density at radius 3 is 2.44 bits per heavy atom. The lowest BCUT2D eigenvalue weighted by Gasteiger charge is -2.25. The van der Waals surface area contributed by atoms with Gasteiger partial charge in [-0.3, -0.25) is 0 Å². The van der Waals surface area contributed by atoms with Gasteiger partial charge in [0.05, 0.1) is 0 Å². The third-order valence-corrected chi connectivity index (χ3v) is 1.89. The summed E-state index contributed by atoms with van der Waals surface area (Å²) in [5, 5.41) is 0. The van der Waals surface area contributed by atoms with Crippen molar-refractivity contribution in [2.24, 2.45) is 5.92 Å². The maximum Gasteiger partial charge on any atom is 0.248 e. The van der Waals surface area contributed by atoms with Crippen LogP contribution in [0, 0.1) is 5.92 Å². The lowest BCUT2D eigenvalue weighted by molar-refractivity contribution is -0.0494. The van der Waals surface area contributed by atoms with E-state index in [1.807, 2.05) is 6.92 Å². The van der Waals surface area contributed by atoms with Crippen LogP contribution in [0.1, 0.15) is 32.6 Å². The second kappa shape index (κ2) is 2.24. The minimum Gasteiger partial charge on any atom is -0.207 e. The van der Waals surface area contributed by atoms with E-state index in [2.05, 4.69) is 0 Å². The van der Waals surface area contributed by atoms with Crippen molar-refractivity contribution < 1.29 is 8.78 Å². The Morgan fingerprint density at radius 1 is 1.44 bits per heavy atom. The van der Waals surface area contributed by atoms with Gasteiger partial charge < -0.3 is 0 Å². The summed E-state index contributed by atoms with van der Waals surface area (Å²) in [5.41, 5.74) is 0. The molecular formula is C7H12F2. The first kappa shape index (κ1) is 6.97. The van der Waals surface area contributed by atoms with Crippen molar-refractivity contribution in [3.05, 3.63) is 0 Å². The quantitative estimate of drug-likeness (QED) is 0.478. The molecule has 0 nitrogen and oxygen atoms in total. The summed E-state index contributed by atoms with van der Waals surface area (Å²) >= 11 is 0. The zero-order valence-electron chi connectivity index (χ0n) is 5.66. The second-order valence-electron chi connectivity index (χ2n) is 3.06. The van der Waals surface area contributed by atoms with Crippen molar-refractivity contribution in [2.75, 3.05) is 0 Å². The summed E-state index contributed by atoms with van der Waals surface area (Å²) in [6.07, 6.45) is 1.90. The van der Waals surface area contributed by atoms with E-state index in [4.69, 9.17) is 0 Å². The molecule has 0 aromatic carbocycles. The highest BCUT2D eigenvalue weighted by Gasteiger charge is 2.33. The Kier molecular flexibility index (Phi) is 1.73. The molecule has 54 valence electrons. The Hall–Kier alpha value is -0.140. The highest BCUT2D eigenvalue weighted by atomic mass is 19.3. The van der Waals surface area contributed by atoms with Crippen LogP contribution in [0.4, 0.5) is 8.78 Å². The van der Waals surface area contributed by atoms with Crippen LogP contribution < -0.4 is 0 Å². The van der Waals surface area contributed by atoms with Crippen molar-refractivity contribution in [2.45, 2.75) is 38.5 Å². The van der Waals surface area contributed by atoms with Crippen LogP contribution in [-0.2, 0) is 0 Å². The molecule has 1 rings (SSSR count). The van der Waals surface area contributed by atoms with Gasteiger partial charge in [0.25, 0.3) is 0 Å². The van der Waals surface area contributed by atoms with Gasteiger partial charge in [-0.25, -0.2) is 8.78 Å². The summed E-state index contributed by atoms with van der Waals surface area (Å²) in [5.74, 6) is -2.12. The molecule has 0 aromatic heterocycles. The molecule has 0 N–H and O–H groups in total. The van der Waals surface area contributed by atoms with Gasteiger partial charge in [-0.2, -0.15) is 0 Å². The topological polar surface area (TPSA) is 0 Å². The number of hydrogen-bond acceptors (Lipinski definition) is 0. The van der Waals surface area contributed by atoms with Crippen LogP contribution in [-0.4, -0.2) is 5.92 Å². The van der Waals surface area contributed by atoms with Gasteiger partial charge in [-0.05, 0) is 12.3 Å². The fourth-order valence-corrected chi connectivity index (χ4v) is 1.42. The molecule has 0 saturated heterocycles. The lowest BCUT2D eigenvalue weighted by Crippen LogP contribution is -2.24. The Labute approximate surface area is 54.3 Å². The molecule has 0 radical (unpaired) electrons. The number of halogens is 2. The molecule has 1 aliphatic rings. The fraction of sp³-hybridized carbons (Fsp3) is 1.00. The molecule has 0 amide bonds. The summed E-state index contributed by atoms with van der Waals surface area (Å²) in [6.45, 7) is 1.90. The van der Waals surface area contributed by atoms with Crippen molar-refractivity contribution >= 4 is 0 Å². The predicted octanol–water partition coefficient (Wildman–Crippen LogP) is 2.83. The van der Waals surface area contributed by atoms with Crippen LogP contribution in [0.3, 0.4) is 0 Å². The van der Waals surface area contributed by atoms with Gasteiger partial charge in [-0.15, -0.1) is 0 Å². The maximum absolute atomic E-state index is 12.5. The first-order valence-corrected chi connectivity index (χ1v) is 3.48. The standard InChI is InChI=1S/C7H12F2/c1-6-3-2-4-7(8,9)5-6/h6H,2-5H2,1H3. The Morgan fingerprint density at radius 2 is 2.11 bits per heavy atom. The van der Waals surface area contributed by atoms with Gasteiger partial charge in [-0.1, -0.05) is 13.3 Å². The minimum atomic E-state index is -2.35. The zero-order chi connectivity index (χ0) is 6.91. The van der Waals surface area contributed by atoms with Crippen molar-refractivity contribution in [1.82, 2.24) is 0 Å². The Balaban J connectivity index is 2.41. The van der Waals surface area contributed by atoms with Gasteiger partial charge in [0.1, 0.15) is 0 Å². The van der Waals surface area contributed by atoms with Crippen LogP contribution in [0.5, 0.6) is 0 Å². The Bertz CT molecular complexity index is 99.1. The van der Waals surface area contributed by atoms with Gasteiger partial charge >= 0.3 is 0 Å². The van der Waals surface area contributed by atoms with E-state index >= 15 is 0 Å². The van der Waals surface area contributed by atoms with Gasteiger partial charge in [0.2, 0.25) is 5.92 Å². The van der Waals surface area contributed by atoms with E-state index in [1.165, 1.54) is 0 Å². The average molecular weight is 134 g/mol. The SMILES string of the molecule is CC1CCCC(F)(F)C1. The first-order valence-electron chi connectivity index (χ1n) is 3.48. The number of alkyl halides is 2. The van der Waals surface area contributed by atoms with Crippen molar-refractivity contribution in [1.29, 1.82) is 0 Å². The van der Waals surface area contributed by atoms with E-state index in [9.17, 15) is 8.78 Å². The predicted molar refractivity (Wildman–Crippen MR) is 32.6 cm³/mol. The normalized spacial score (nSPS) is 34.3. The van der Waals surface area contributed by atoms with Gasteiger partial charge in [0, 0.05) is 12.8 Å². The zero-order valence-corrected chi connectivity index (χ0v) is 5.66. The van der Waals surface area contributed by atoms with Gasteiger partial charge in [0.15, 0.2) is 0 Å². The molecule has 9 heavy (non-hydrogen) atoms. The fourth-order valence-electron chi connectivity index (χ4n) is 1.42. The van der Waals surface area contributed by atoms with Crippen LogP contribution in [0.15, 0.2) is 0 Å². The van der Waals surface area contributed by atoms with Crippen LogP contribution in [0.25, 0.3) is 0 Å². The summed E-state index contributed by atoms with van der Waals surface area (Å²) in [7, 11) is 0. The van der Waals surface area contributed by atoms with Crippen LogP contribution in [0.2, 0.25) is 0 Å². The van der Waals surface area contributed by atoms with E-state index in [-0.39, 0.29) is 18.8 Å². The first-order chi connectivity index (χ1) is 4.10. The molecule has 0 aliphatic heterocycles. The molecule has 1 aliphatic carbocycles. The van der Waals surface area contributed by atoms with E-state index in [0.29, 0.717) is 6.42 Å². The molecule has 0 spiro atoms. The largest absolute Gasteiger partial charge is 0.248 e. The molecule has 1 unspecified atom stereocenters.